The van der Waals surface area contributed by atoms with Crippen LogP contribution in [0.1, 0.15) is 11.1 Å². The molecular formula is C8H9BrMg. The van der Waals surface area contributed by atoms with Crippen molar-refractivity contribution in [3.8, 4) is 0 Å². The zero-order chi connectivity index (χ0) is 5.98. The van der Waals surface area contributed by atoms with Gasteiger partial charge in [0.2, 0.25) is 0 Å². The van der Waals surface area contributed by atoms with Crippen LogP contribution in [0.3, 0.4) is 0 Å². The zero-order valence-electron chi connectivity index (χ0n) is 6.32. The quantitative estimate of drug-likeness (QED) is 0.369. The minimum absolute atomic E-state index is 0. The summed E-state index contributed by atoms with van der Waals surface area (Å²) in [6.07, 6.45) is 0. The molecule has 1 rings (SSSR count). The molecule has 0 unspecified atom stereocenters. The maximum absolute atomic E-state index is 3.07. The summed E-state index contributed by atoms with van der Waals surface area (Å²) in [4.78, 5) is 0. The number of aryl methyl sites for hydroxylation is 2. The van der Waals surface area contributed by atoms with Gasteiger partial charge in [0.05, 0.1) is 0 Å². The van der Waals surface area contributed by atoms with E-state index in [4.69, 9.17) is 0 Å². The van der Waals surface area contributed by atoms with Crippen LogP contribution in [0.4, 0.5) is 0 Å². The minimum atomic E-state index is 0. The van der Waals surface area contributed by atoms with E-state index in [1.54, 1.807) is 0 Å². The maximum atomic E-state index is 3.07. The van der Waals surface area contributed by atoms with Gasteiger partial charge in [-0.3, -0.25) is 0 Å². The molecule has 0 aliphatic rings. The molecule has 2 heteroatoms. The van der Waals surface area contributed by atoms with Crippen LogP contribution in [0, 0.1) is 19.9 Å². The Bertz CT molecular complexity index is 169. The molecule has 0 radical (unpaired) electrons. The molecule has 0 saturated carbocycles. The molecule has 0 aliphatic carbocycles. The summed E-state index contributed by atoms with van der Waals surface area (Å²) in [5, 5.41) is 0. The first-order chi connectivity index (χ1) is 3.79. The van der Waals surface area contributed by atoms with Crippen LogP contribution in [0.2, 0.25) is 0 Å². The Balaban J connectivity index is 0. The van der Waals surface area contributed by atoms with Gasteiger partial charge >= 0.3 is 23.1 Å². The number of hydrogen-bond donors (Lipinski definition) is 0. The predicted molar refractivity (Wildman–Crippen MR) is 40.5 cm³/mol. The van der Waals surface area contributed by atoms with E-state index in [1.807, 2.05) is 19.1 Å². The molecule has 0 N–H and O–H groups in total. The van der Waals surface area contributed by atoms with E-state index in [1.165, 1.54) is 11.1 Å². The Hall–Kier alpha value is 0.466. The molecule has 0 fully saturated rings. The fourth-order valence-electron chi connectivity index (χ4n) is 0.736. The third-order valence-corrected chi connectivity index (χ3v) is 1.10. The average molecular weight is 209 g/mol. The van der Waals surface area contributed by atoms with Crippen molar-refractivity contribution in [3.05, 3.63) is 35.4 Å². The normalized spacial score (nSPS) is 7.40. The van der Waals surface area contributed by atoms with Gasteiger partial charge in [-0.25, -0.2) is 0 Å². The smallest absolute Gasteiger partial charge is 1.00 e. The fourth-order valence-corrected chi connectivity index (χ4v) is 0.736. The fraction of sp³-hybridized carbons (Fsp3) is 0.250. The van der Waals surface area contributed by atoms with E-state index < -0.39 is 0 Å². The summed E-state index contributed by atoms with van der Waals surface area (Å²) in [5.74, 6) is 0. The summed E-state index contributed by atoms with van der Waals surface area (Å²) in [6.45, 7) is 4.13. The van der Waals surface area contributed by atoms with Crippen molar-refractivity contribution in [3.63, 3.8) is 0 Å². The molecule has 0 atom stereocenters. The van der Waals surface area contributed by atoms with Crippen LogP contribution in [0.5, 0.6) is 0 Å². The second-order valence-corrected chi connectivity index (χ2v) is 2.05. The van der Waals surface area contributed by atoms with Crippen molar-refractivity contribution in [1.29, 1.82) is 0 Å². The Morgan fingerprint density at radius 1 is 1.30 bits per heavy atom. The van der Waals surface area contributed by atoms with Crippen molar-refractivity contribution >= 4 is 23.1 Å². The molecule has 0 bridgehead atoms. The van der Waals surface area contributed by atoms with Crippen LogP contribution < -0.4 is 17.0 Å². The van der Waals surface area contributed by atoms with Gasteiger partial charge in [-0.05, 0) is 0 Å². The van der Waals surface area contributed by atoms with Gasteiger partial charge in [0.15, 0.2) is 0 Å². The Morgan fingerprint density at radius 3 is 2.20 bits per heavy atom. The van der Waals surface area contributed by atoms with Gasteiger partial charge in [0.25, 0.3) is 0 Å². The van der Waals surface area contributed by atoms with Gasteiger partial charge in [0.1, 0.15) is 0 Å². The molecule has 1 aromatic rings. The molecule has 1 aromatic carbocycles. The van der Waals surface area contributed by atoms with Crippen LogP contribution in [0.15, 0.2) is 18.2 Å². The summed E-state index contributed by atoms with van der Waals surface area (Å²) in [5.41, 5.74) is 2.52. The zero-order valence-corrected chi connectivity index (χ0v) is 9.32. The van der Waals surface area contributed by atoms with E-state index in [9.17, 15) is 0 Å². The van der Waals surface area contributed by atoms with Gasteiger partial charge in [-0.2, -0.15) is 35.4 Å². The van der Waals surface area contributed by atoms with Crippen LogP contribution in [-0.2, 0) is 0 Å². The summed E-state index contributed by atoms with van der Waals surface area (Å²) in [6, 6.07) is 9.18. The van der Waals surface area contributed by atoms with E-state index >= 15 is 0 Å². The molecule has 0 aliphatic heterocycles. The van der Waals surface area contributed by atoms with Gasteiger partial charge in [-0.1, -0.05) is 13.8 Å². The van der Waals surface area contributed by atoms with E-state index in [-0.39, 0.29) is 40.0 Å². The van der Waals surface area contributed by atoms with Gasteiger partial charge in [-0.15, -0.1) is 0 Å². The first kappa shape index (κ1) is 13.1. The van der Waals surface area contributed by atoms with E-state index in [0.29, 0.717) is 0 Å². The average Bonchev–Trinajstić information content (AvgIpc) is 1.64. The van der Waals surface area contributed by atoms with Gasteiger partial charge in [0, 0.05) is 0 Å². The summed E-state index contributed by atoms with van der Waals surface area (Å²) >= 11 is 0. The molecule has 10 heavy (non-hydrogen) atoms. The second kappa shape index (κ2) is 6.19. The Labute approximate surface area is 88.9 Å². The summed E-state index contributed by atoms with van der Waals surface area (Å²) in [7, 11) is 0. The van der Waals surface area contributed by atoms with Crippen molar-refractivity contribution < 1.29 is 17.0 Å². The third kappa shape index (κ3) is 4.31. The molecule has 0 spiro atoms. The number of halogens is 1. The van der Waals surface area contributed by atoms with Crippen molar-refractivity contribution in [2.45, 2.75) is 13.8 Å². The molecule has 50 valence electrons. The van der Waals surface area contributed by atoms with Crippen LogP contribution >= 0.6 is 0 Å². The molecule has 0 aromatic heterocycles. The van der Waals surface area contributed by atoms with Gasteiger partial charge < -0.3 is 17.0 Å². The van der Waals surface area contributed by atoms with Crippen molar-refractivity contribution in [2.24, 2.45) is 0 Å². The van der Waals surface area contributed by atoms with E-state index in [0.717, 1.165) is 0 Å². The number of rotatable bonds is 0. The molecule has 0 saturated heterocycles. The number of hydrogen-bond acceptors (Lipinski definition) is 0. The van der Waals surface area contributed by atoms with Crippen LogP contribution in [-0.4, -0.2) is 23.1 Å². The standard InChI is InChI=1S/C8H9.BrH.Mg/c1-7-4-3-5-8(2)6-7;;/h3-4,6H,1-2H3;1H;/q-1;;+2/p-1. The monoisotopic (exact) mass is 208 g/mol. The SMILES string of the molecule is Cc1[c-]ccc(C)c1.[Br-].[Mg+2]. The first-order valence-corrected chi connectivity index (χ1v) is 2.74. The largest absolute Gasteiger partial charge is 2.00 e. The minimum Gasteiger partial charge on any atom is -1.00 e. The van der Waals surface area contributed by atoms with E-state index in [2.05, 4.69) is 19.1 Å². The molecular weight excluding hydrogens is 200 g/mol. The predicted octanol–water partition coefficient (Wildman–Crippen LogP) is -1.27. The molecule has 0 heterocycles. The van der Waals surface area contributed by atoms with Crippen LogP contribution in [0.25, 0.3) is 0 Å². The van der Waals surface area contributed by atoms with Crippen molar-refractivity contribution in [1.82, 2.24) is 0 Å². The second-order valence-electron chi connectivity index (χ2n) is 2.05. The molecule has 0 nitrogen and oxygen atoms in total. The Kier molecular flexibility index (Phi) is 8.10. The molecule has 0 amide bonds. The Morgan fingerprint density at radius 2 is 1.90 bits per heavy atom. The number of benzene rings is 1. The summed E-state index contributed by atoms with van der Waals surface area (Å²) < 4.78 is 0. The first-order valence-electron chi connectivity index (χ1n) is 2.74. The topological polar surface area (TPSA) is 0 Å². The maximum Gasteiger partial charge on any atom is 2.00 e. The third-order valence-electron chi connectivity index (χ3n) is 1.10. The van der Waals surface area contributed by atoms with Crippen molar-refractivity contribution in [2.75, 3.05) is 0 Å².